The van der Waals surface area contributed by atoms with E-state index in [1.165, 1.54) is 0 Å². The Morgan fingerprint density at radius 3 is 3.00 bits per heavy atom. The number of hydrogen-bond donors (Lipinski definition) is 1. The van der Waals surface area contributed by atoms with Gasteiger partial charge in [0.2, 0.25) is 0 Å². The quantitative estimate of drug-likeness (QED) is 0.552. The molecule has 0 saturated carbocycles. The molecule has 0 radical (unpaired) electrons. The topological polar surface area (TPSA) is 69.1 Å². The third-order valence-electron chi connectivity index (χ3n) is 2.51. The molecule has 1 aromatic carbocycles. The van der Waals surface area contributed by atoms with E-state index >= 15 is 0 Å². The fourth-order valence-corrected chi connectivity index (χ4v) is 1.78. The second-order valence-corrected chi connectivity index (χ2v) is 3.55. The van der Waals surface area contributed by atoms with Crippen LogP contribution < -0.4 is 5.73 Å². The predicted octanol–water partition coefficient (Wildman–Crippen LogP) is 1.17. The maximum absolute atomic E-state index is 5.75. The van der Waals surface area contributed by atoms with Crippen LogP contribution in [0.1, 0.15) is 5.56 Å². The number of hydrogen-bond acceptors (Lipinski definition) is 4. The lowest BCUT2D eigenvalue weighted by Crippen LogP contribution is -1.94. The van der Waals surface area contributed by atoms with Gasteiger partial charge in [0.25, 0.3) is 0 Å². The Kier molecular flexibility index (Phi) is 1.45. The van der Waals surface area contributed by atoms with Crippen molar-refractivity contribution >= 4 is 22.2 Å². The molecule has 0 fully saturated rings. The van der Waals surface area contributed by atoms with Gasteiger partial charge in [-0.05, 0) is 41.1 Å². The summed E-state index contributed by atoms with van der Waals surface area (Å²) in [6.45, 7) is 2.03. The van der Waals surface area contributed by atoms with Crippen LogP contribution in [0.4, 0.5) is 5.69 Å². The maximum atomic E-state index is 5.75. The number of aryl methyl sites for hydroxylation is 1. The molecule has 2 aromatic heterocycles. The number of nitrogens with zero attached hydrogens (tertiary/aromatic N) is 4. The number of tetrazole rings is 1. The summed E-state index contributed by atoms with van der Waals surface area (Å²) in [7, 11) is 0. The molecule has 0 saturated heterocycles. The summed E-state index contributed by atoms with van der Waals surface area (Å²) in [6, 6.07) is 7.71. The number of pyridine rings is 1. The van der Waals surface area contributed by atoms with Gasteiger partial charge in [0.1, 0.15) is 0 Å². The molecule has 0 unspecified atom stereocenters. The molecule has 5 nitrogen and oxygen atoms in total. The van der Waals surface area contributed by atoms with Crippen molar-refractivity contribution in [2.45, 2.75) is 6.92 Å². The molecular formula is C10H9N5. The van der Waals surface area contributed by atoms with Gasteiger partial charge >= 0.3 is 0 Å². The number of nitrogen functional groups attached to an aromatic ring is 1. The fraction of sp³-hybridized carbons (Fsp3) is 0.100. The van der Waals surface area contributed by atoms with E-state index in [-0.39, 0.29) is 0 Å². The van der Waals surface area contributed by atoms with Gasteiger partial charge in [-0.2, -0.15) is 4.52 Å². The van der Waals surface area contributed by atoms with Crippen molar-refractivity contribution in [1.29, 1.82) is 0 Å². The Balaban J connectivity index is 2.63. The Morgan fingerprint density at radius 2 is 2.13 bits per heavy atom. The van der Waals surface area contributed by atoms with E-state index in [0.717, 1.165) is 22.1 Å². The van der Waals surface area contributed by atoms with E-state index in [1.54, 1.807) is 4.52 Å². The highest BCUT2D eigenvalue weighted by atomic mass is 15.5. The van der Waals surface area contributed by atoms with Crippen molar-refractivity contribution in [3.8, 4) is 0 Å². The van der Waals surface area contributed by atoms with Crippen LogP contribution in [0.3, 0.4) is 0 Å². The van der Waals surface area contributed by atoms with Gasteiger partial charge in [-0.3, -0.25) is 0 Å². The smallest absolute Gasteiger partial charge is 0.180 e. The first kappa shape index (κ1) is 8.16. The SMILES string of the molecule is Cc1cc2nnnn2c2cc(N)ccc12. The molecule has 0 aliphatic carbocycles. The zero-order valence-corrected chi connectivity index (χ0v) is 8.18. The van der Waals surface area contributed by atoms with E-state index in [0.29, 0.717) is 5.69 Å². The first-order valence-electron chi connectivity index (χ1n) is 4.62. The van der Waals surface area contributed by atoms with Gasteiger partial charge < -0.3 is 5.73 Å². The predicted molar refractivity (Wildman–Crippen MR) is 57.4 cm³/mol. The number of anilines is 1. The molecule has 2 N–H and O–H groups in total. The van der Waals surface area contributed by atoms with Crippen LogP contribution in [0.2, 0.25) is 0 Å². The highest BCUT2D eigenvalue weighted by Crippen LogP contribution is 2.21. The average molecular weight is 199 g/mol. The maximum Gasteiger partial charge on any atom is 0.180 e. The highest BCUT2D eigenvalue weighted by molar-refractivity contribution is 5.87. The van der Waals surface area contributed by atoms with E-state index < -0.39 is 0 Å². The number of fused-ring (bicyclic) bond motifs is 3. The van der Waals surface area contributed by atoms with Crippen LogP contribution in [0.5, 0.6) is 0 Å². The van der Waals surface area contributed by atoms with E-state index in [4.69, 9.17) is 5.73 Å². The number of nitrogens with two attached hydrogens (primary N) is 1. The first-order chi connectivity index (χ1) is 7.25. The average Bonchev–Trinajstić information content (AvgIpc) is 2.65. The molecule has 0 aliphatic heterocycles. The van der Waals surface area contributed by atoms with Gasteiger partial charge in [-0.1, -0.05) is 6.07 Å². The van der Waals surface area contributed by atoms with Gasteiger partial charge in [-0.25, -0.2) is 0 Å². The number of benzene rings is 1. The molecule has 3 rings (SSSR count). The Bertz CT molecular complexity index is 655. The summed E-state index contributed by atoms with van der Waals surface area (Å²) >= 11 is 0. The summed E-state index contributed by atoms with van der Waals surface area (Å²) in [6.07, 6.45) is 0. The standard InChI is InChI=1S/C10H9N5/c1-6-4-10-12-13-14-15(10)9-5-7(11)2-3-8(6)9/h2-5H,11H2,1H3. The monoisotopic (exact) mass is 199 g/mol. The minimum atomic E-state index is 0.713. The lowest BCUT2D eigenvalue weighted by atomic mass is 10.1. The molecule has 3 aromatic rings. The van der Waals surface area contributed by atoms with Crippen LogP contribution in [0.15, 0.2) is 24.3 Å². The van der Waals surface area contributed by atoms with Gasteiger partial charge in [-0.15, -0.1) is 5.10 Å². The van der Waals surface area contributed by atoms with E-state index in [2.05, 4.69) is 15.5 Å². The van der Waals surface area contributed by atoms with Gasteiger partial charge in [0, 0.05) is 11.1 Å². The third kappa shape index (κ3) is 1.06. The van der Waals surface area contributed by atoms with Gasteiger partial charge in [0.15, 0.2) is 5.65 Å². The lowest BCUT2D eigenvalue weighted by molar-refractivity contribution is 0.841. The minimum absolute atomic E-state index is 0.713. The summed E-state index contributed by atoms with van der Waals surface area (Å²) in [5.74, 6) is 0. The van der Waals surface area contributed by atoms with Crippen LogP contribution in [0.25, 0.3) is 16.6 Å². The molecular weight excluding hydrogens is 190 g/mol. The Morgan fingerprint density at radius 1 is 1.27 bits per heavy atom. The molecule has 74 valence electrons. The van der Waals surface area contributed by atoms with Crippen molar-refractivity contribution in [3.05, 3.63) is 29.8 Å². The zero-order valence-electron chi connectivity index (χ0n) is 8.18. The first-order valence-corrected chi connectivity index (χ1v) is 4.62. The molecule has 0 spiro atoms. The molecule has 2 heterocycles. The van der Waals surface area contributed by atoms with Crippen LogP contribution >= 0.6 is 0 Å². The van der Waals surface area contributed by atoms with Gasteiger partial charge in [0.05, 0.1) is 5.52 Å². The normalized spacial score (nSPS) is 11.3. The third-order valence-corrected chi connectivity index (χ3v) is 2.51. The van der Waals surface area contributed by atoms with Crippen LogP contribution in [-0.4, -0.2) is 20.0 Å². The van der Waals surface area contributed by atoms with Crippen molar-refractivity contribution in [2.75, 3.05) is 5.73 Å². The van der Waals surface area contributed by atoms with Crippen LogP contribution in [0, 0.1) is 6.92 Å². The second kappa shape index (κ2) is 2.66. The molecule has 5 heteroatoms. The van der Waals surface area contributed by atoms with Crippen molar-refractivity contribution in [1.82, 2.24) is 20.0 Å². The molecule has 0 bridgehead atoms. The lowest BCUT2D eigenvalue weighted by Gasteiger charge is -2.04. The Labute approximate surface area is 85.5 Å². The van der Waals surface area contributed by atoms with E-state index in [9.17, 15) is 0 Å². The molecule has 0 aliphatic rings. The molecule has 0 atom stereocenters. The number of rotatable bonds is 0. The zero-order chi connectivity index (χ0) is 10.4. The molecule has 0 amide bonds. The number of aromatic nitrogens is 4. The van der Waals surface area contributed by atoms with Crippen molar-refractivity contribution < 1.29 is 0 Å². The van der Waals surface area contributed by atoms with Crippen molar-refractivity contribution in [2.24, 2.45) is 0 Å². The summed E-state index contributed by atoms with van der Waals surface area (Å²) in [4.78, 5) is 0. The fourth-order valence-electron chi connectivity index (χ4n) is 1.78. The summed E-state index contributed by atoms with van der Waals surface area (Å²) < 4.78 is 1.69. The van der Waals surface area contributed by atoms with E-state index in [1.807, 2.05) is 31.2 Å². The highest BCUT2D eigenvalue weighted by Gasteiger charge is 2.05. The Hall–Kier alpha value is -2.17. The van der Waals surface area contributed by atoms with Crippen molar-refractivity contribution in [3.63, 3.8) is 0 Å². The van der Waals surface area contributed by atoms with Crippen LogP contribution in [-0.2, 0) is 0 Å². The largest absolute Gasteiger partial charge is 0.399 e. The minimum Gasteiger partial charge on any atom is -0.399 e. The summed E-state index contributed by atoms with van der Waals surface area (Å²) in [5.41, 5.74) is 9.29. The molecule has 15 heavy (non-hydrogen) atoms. The second-order valence-electron chi connectivity index (χ2n) is 3.55. The summed E-state index contributed by atoms with van der Waals surface area (Å²) in [5, 5.41) is 12.6.